The van der Waals surface area contributed by atoms with Crippen molar-refractivity contribution >= 4 is 11.9 Å². The Morgan fingerprint density at radius 1 is 1.36 bits per heavy atom. The Labute approximate surface area is 147 Å². The highest BCUT2D eigenvalue weighted by Crippen LogP contribution is 2.32. The summed E-state index contributed by atoms with van der Waals surface area (Å²) in [6, 6.07) is -0.312. The van der Waals surface area contributed by atoms with Crippen LogP contribution in [0.25, 0.3) is 0 Å². The molecule has 3 amide bonds. The number of likely N-dealkylation sites (N-methyl/N-ethyl adjacent to an activating group) is 1. The van der Waals surface area contributed by atoms with Crippen molar-refractivity contribution in [1.29, 1.82) is 0 Å². The molecule has 0 bridgehead atoms. The number of unbranched alkanes of at least 4 members (excludes halogenated alkanes) is 1. The summed E-state index contributed by atoms with van der Waals surface area (Å²) in [4.78, 5) is 27.9. The van der Waals surface area contributed by atoms with E-state index in [4.69, 9.17) is 0 Å². The van der Waals surface area contributed by atoms with Crippen LogP contribution in [0.2, 0.25) is 0 Å². The Morgan fingerprint density at radius 3 is 2.84 bits per heavy atom. The lowest BCUT2D eigenvalue weighted by atomic mass is 9.80. The normalized spacial score (nSPS) is 27.8. The number of urea groups is 1. The lowest BCUT2D eigenvalue weighted by molar-refractivity contribution is -0.132. The van der Waals surface area contributed by atoms with Crippen LogP contribution in [-0.2, 0) is 17.9 Å². The molecule has 0 aliphatic carbocycles. The van der Waals surface area contributed by atoms with Gasteiger partial charge in [0.2, 0.25) is 0 Å². The number of hydrogen-bond donors (Lipinski definition) is 1. The van der Waals surface area contributed by atoms with Crippen LogP contribution < -0.4 is 5.32 Å². The fourth-order valence-electron chi connectivity index (χ4n) is 3.77. The van der Waals surface area contributed by atoms with E-state index in [0.29, 0.717) is 6.54 Å². The smallest absolute Gasteiger partial charge is 0.323 e. The lowest BCUT2D eigenvalue weighted by Crippen LogP contribution is -2.55. The molecule has 0 unspecified atom stereocenters. The third-order valence-electron chi connectivity index (χ3n) is 5.44. The van der Waals surface area contributed by atoms with E-state index in [0.717, 1.165) is 51.1 Å². The number of hydrogen-bond acceptors (Lipinski definition) is 6. The quantitative estimate of drug-likeness (QED) is 0.757. The molecule has 2 saturated heterocycles. The fraction of sp³-hybridized carbons (Fsp3) is 0.812. The first-order chi connectivity index (χ1) is 12.0. The van der Waals surface area contributed by atoms with E-state index in [9.17, 15) is 9.59 Å². The third-order valence-corrected chi connectivity index (χ3v) is 5.44. The van der Waals surface area contributed by atoms with Gasteiger partial charge in [0.15, 0.2) is 5.82 Å². The van der Waals surface area contributed by atoms with Gasteiger partial charge < -0.3 is 5.32 Å². The Hall–Kier alpha value is -2.03. The van der Waals surface area contributed by atoms with Gasteiger partial charge in [-0.2, -0.15) is 0 Å². The van der Waals surface area contributed by atoms with Gasteiger partial charge in [0, 0.05) is 26.1 Å². The summed E-state index contributed by atoms with van der Waals surface area (Å²) in [5.41, 5.74) is -0.821. The van der Waals surface area contributed by atoms with E-state index >= 15 is 0 Å². The van der Waals surface area contributed by atoms with Crippen molar-refractivity contribution < 1.29 is 9.59 Å². The summed E-state index contributed by atoms with van der Waals surface area (Å²) in [5.74, 6) is 0.804. The standard InChI is InChI=1S/C16H27N7O2/c1-4-5-9-23-13(18-19-20-23)11-22-8-6-7-12(10-22)16(2)14(24)21(3)15(25)17-16/h12H,4-11H2,1-3H3,(H,17,25)/t12-,16-/m0/s1. The molecule has 2 atom stereocenters. The van der Waals surface area contributed by atoms with Crippen LogP contribution in [0.5, 0.6) is 0 Å². The summed E-state index contributed by atoms with van der Waals surface area (Å²) < 4.78 is 1.87. The molecular weight excluding hydrogens is 322 g/mol. The number of rotatable bonds is 6. The maximum absolute atomic E-state index is 12.5. The minimum atomic E-state index is -0.821. The van der Waals surface area contributed by atoms with Gasteiger partial charge in [0.25, 0.3) is 5.91 Å². The van der Waals surface area contributed by atoms with Gasteiger partial charge >= 0.3 is 6.03 Å². The van der Waals surface area contributed by atoms with Gasteiger partial charge in [-0.25, -0.2) is 9.48 Å². The van der Waals surface area contributed by atoms with Gasteiger partial charge in [-0.1, -0.05) is 13.3 Å². The number of piperidine rings is 1. The Bertz CT molecular complexity index is 646. The first kappa shape index (κ1) is 17.8. The van der Waals surface area contributed by atoms with Gasteiger partial charge in [0.05, 0.1) is 6.54 Å². The summed E-state index contributed by atoms with van der Waals surface area (Å²) in [7, 11) is 1.53. The zero-order valence-corrected chi connectivity index (χ0v) is 15.2. The van der Waals surface area contributed by atoms with Crippen molar-refractivity contribution in [2.75, 3.05) is 20.1 Å². The number of carbonyl (C=O) groups is 2. The number of nitrogens with one attached hydrogen (secondary N) is 1. The minimum Gasteiger partial charge on any atom is -0.323 e. The number of carbonyl (C=O) groups excluding carboxylic acids is 2. The number of aromatic nitrogens is 4. The molecule has 2 aliphatic heterocycles. The molecule has 138 valence electrons. The number of aryl methyl sites for hydroxylation is 1. The number of amides is 3. The van der Waals surface area contributed by atoms with E-state index in [1.807, 2.05) is 11.6 Å². The van der Waals surface area contributed by atoms with E-state index in [1.165, 1.54) is 11.9 Å². The first-order valence-corrected chi connectivity index (χ1v) is 9.03. The van der Waals surface area contributed by atoms with E-state index in [-0.39, 0.29) is 17.9 Å². The zero-order chi connectivity index (χ0) is 18.0. The van der Waals surface area contributed by atoms with Crippen LogP contribution >= 0.6 is 0 Å². The predicted octanol–water partition coefficient (Wildman–Crippen LogP) is 0.626. The average molecular weight is 349 g/mol. The topological polar surface area (TPSA) is 96.2 Å². The highest BCUT2D eigenvalue weighted by molar-refractivity contribution is 6.06. The Morgan fingerprint density at radius 2 is 2.16 bits per heavy atom. The molecule has 0 aromatic carbocycles. The molecular formula is C16H27N7O2. The summed E-state index contributed by atoms with van der Waals surface area (Å²) in [5, 5.41) is 14.9. The molecule has 3 heterocycles. The maximum Gasteiger partial charge on any atom is 0.324 e. The molecule has 0 saturated carbocycles. The Kier molecular flexibility index (Phi) is 5.03. The van der Waals surface area contributed by atoms with E-state index in [2.05, 4.69) is 32.7 Å². The molecule has 0 spiro atoms. The van der Waals surface area contributed by atoms with Crippen molar-refractivity contribution in [3.05, 3.63) is 5.82 Å². The largest absolute Gasteiger partial charge is 0.324 e. The maximum atomic E-state index is 12.5. The van der Waals surface area contributed by atoms with Crippen LogP contribution in [0, 0.1) is 5.92 Å². The minimum absolute atomic E-state index is 0.0858. The van der Waals surface area contributed by atoms with Crippen molar-refractivity contribution in [1.82, 2.24) is 35.3 Å². The fourth-order valence-corrected chi connectivity index (χ4v) is 3.77. The number of tetrazole rings is 1. The van der Waals surface area contributed by atoms with Gasteiger partial charge in [-0.3, -0.25) is 14.6 Å². The van der Waals surface area contributed by atoms with Crippen LogP contribution in [0.15, 0.2) is 0 Å². The molecule has 2 fully saturated rings. The summed E-state index contributed by atoms with van der Waals surface area (Å²) in [6.45, 7) is 7.18. The molecule has 2 aliphatic rings. The second-order valence-corrected chi connectivity index (χ2v) is 7.24. The van der Waals surface area contributed by atoms with Crippen LogP contribution in [0.3, 0.4) is 0 Å². The molecule has 0 radical (unpaired) electrons. The third kappa shape index (κ3) is 3.37. The number of imide groups is 1. The molecule has 1 aromatic rings. The van der Waals surface area contributed by atoms with Crippen molar-refractivity contribution in [3.63, 3.8) is 0 Å². The molecule has 1 N–H and O–H groups in total. The van der Waals surface area contributed by atoms with Crippen molar-refractivity contribution in [2.45, 2.75) is 58.2 Å². The Balaban J connectivity index is 1.67. The molecule has 9 nitrogen and oxygen atoms in total. The van der Waals surface area contributed by atoms with Gasteiger partial charge in [-0.15, -0.1) is 5.10 Å². The first-order valence-electron chi connectivity index (χ1n) is 9.03. The summed E-state index contributed by atoms with van der Waals surface area (Å²) in [6.07, 6.45) is 4.06. The molecule has 9 heteroatoms. The van der Waals surface area contributed by atoms with Gasteiger partial charge in [-0.05, 0) is 43.2 Å². The van der Waals surface area contributed by atoms with Crippen LogP contribution in [-0.4, -0.2) is 67.6 Å². The predicted molar refractivity (Wildman–Crippen MR) is 90.4 cm³/mol. The van der Waals surface area contributed by atoms with Gasteiger partial charge in [0.1, 0.15) is 5.54 Å². The highest BCUT2D eigenvalue weighted by atomic mass is 16.2. The highest BCUT2D eigenvalue weighted by Gasteiger charge is 2.51. The lowest BCUT2D eigenvalue weighted by Gasteiger charge is -2.39. The number of likely N-dealkylation sites (tertiary alicyclic amines) is 1. The SMILES string of the molecule is CCCCn1nnnc1CN1CCC[C@H]([C@]2(C)NC(=O)N(C)C2=O)C1. The van der Waals surface area contributed by atoms with Crippen molar-refractivity contribution in [2.24, 2.45) is 5.92 Å². The number of nitrogens with zero attached hydrogens (tertiary/aromatic N) is 6. The zero-order valence-electron chi connectivity index (χ0n) is 15.2. The average Bonchev–Trinajstić information content (AvgIpc) is 3.12. The molecule has 1 aromatic heterocycles. The van der Waals surface area contributed by atoms with E-state index < -0.39 is 5.54 Å². The van der Waals surface area contributed by atoms with Crippen LogP contribution in [0.4, 0.5) is 4.79 Å². The molecule has 3 rings (SSSR count). The van der Waals surface area contributed by atoms with E-state index in [1.54, 1.807) is 0 Å². The monoisotopic (exact) mass is 349 g/mol. The van der Waals surface area contributed by atoms with Crippen molar-refractivity contribution in [3.8, 4) is 0 Å². The van der Waals surface area contributed by atoms with Crippen LogP contribution in [0.1, 0.15) is 45.4 Å². The summed E-state index contributed by atoms with van der Waals surface area (Å²) >= 11 is 0. The second kappa shape index (κ2) is 7.07. The second-order valence-electron chi connectivity index (χ2n) is 7.24. The molecule has 25 heavy (non-hydrogen) atoms.